The summed E-state index contributed by atoms with van der Waals surface area (Å²) in [7, 11) is 0. The van der Waals surface area contributed by atoms with Crippen molar-refractivity contribution in [3.05, 3.63) is 59.7 Å². The first-order valence-electron chi connectivity index (χ1n) is 7.67. The summed E-state index contributed by atoms with van der Waals surface area (Å²) in [5.41, 5.74) is 1.53. The minimum absolute atomic E-state index is 0.109. The second-order valence-corrected chi connectivity index (χ2v) is 5.43. The maximum Gasteiger partial charge on any atom is 0.272 e. The Morgan fingerprint density at radius 1 is 1.09 bits per heavy atom. The molecule has 2 aromatic rings. The Kier molecular flexibility index (Phi) is 4.61. The minimum atomic E-state index is -0.242. The lowest BCUT2D eigenvalue weighted by molar-refractivity contribution is 0.0787. The van der Waals surface area contributed by atoms with Crippen LogP contribution in [0, 0.1) is 0 Å². The Balaban J connectivity index is 1.66. The van der Waals surface area contributed by atoms with Crippen LogP contribution < -0.4 is 5.32 Å². The first kappa shape index (κ1) is 15.1. The molecule has 2 aromatic heterocycles. The lowest BCUT2D eigenvalue weighted by Crippen LogP contribution is -2.29. The molecule has 6 nitrogen and oxygen atoms in total. The number of hydrogen-bond acceptors (Lipinski definition) is 4. The van der Waals surface area contributed by atoms with Crippen LogP contribution in [0.5, 0.6) is 0 Å². The van der Waals surface area contributed by atoms with Gasteiger partial charge in [0.25, 0.3) is 11.8 Å². The van der Waals surface area contributed by atoms with Crippen molar-refractivity contribution in [2.75, 3.05) is 13.1 Å². The number of hydrogen-bond donors (Lipinski definition) is 1. The molecule has 0 aromatic carbocycles. The Labute approximate surface area is 134 Å². The fourth-order valence-electron chi connectivity index (χ4n) is 2.55. The topological polar surface area (TPSA) is 75.2 Å². The normalized spacial score (nSPS) is 13.8. The van der Waals surface area contributed by atoms with Crippen LogP contribution in [0.3, 0.4) is 0 Å². The highest BCUT2D eigenvalue weighted by molar-refractivity contribution is 5.98. The van der Waals surface area contributed by atoms with Crippen molar-refractivity contribution in [1.29, 1.82) is 0 Å². The van der Waals surface area contributed by atoms with E-state index in [2.05, 4.69) is 15.3 Å². The van der Waals surface area contributed by atoms with E-state index in [4.69, 9.17) is 0 Å². The largest absolute Gasteiger partial charge is 0.346 e. The van der Waals surface area contributed by atoms with Crippen LogP contribution in [0.25, 0.3) is 0 Å². The number of aromatic nitrogens is 2. The van der Waals surface area contributed by atoms with E-state index in [1.54, 1.807) is 23.2 Å². The second kappa shape index (κ2) is 7.00. The number of nitrogens with zero attached hydrogens (tertiary/aromatic N) is 3. The van der Waals surface area contributed by atoms with Gasteiger partial charge in [0.2, 0.25) is 0 Å². The number of pyridine rings is 2. The predicted molar refractivity (Wildman–Crippen MR) is 84.8 cm³/mol. The summed E-state index contributed by atoms with van der Waals surface area (Å²) in [4.78, 5) is 34.6. The molecule has 1 fully saturated rings. The van der Waals surface area contributed by atoms with Crippen LogP contribution in [0.15, 0.2) is 42.7 Å². The van der Waals surface area contributed by atoms with Gasteiger partial charge in [-0.3, -0.25) is 19.6 Å². The van der Waals surface area contributed by atoms with Crippen molar-refractivity contribution < 1.29 is 9.59 Å². The number of nitrogens with one attached hydrogen (secondary N) is 1. The summed E-state index contributed by atoms with van der Waals surface area (Å²) in [5.74, 6) is -0.351. The molecule has 3 heterocycles. The standard InChI is InChI=1S/C17H18N4O2/c22-16(20-12-14-5-1-2-7-18-14)13-6-8-19-15(11-13)17(23)21-9-3-4-10-21/h1-2,5-8,11H,3-4,9-10,12H2,(H,20,22). The maximum absolute atomic E-state index is 12.3. The molecule has 118 valence electrons. The molecular formula is C17H18N4O2. The lowest BCUT2D eigenvalue weighted by Gasteiger charge is -2.14. The Morgan fingerprint density at radius 3 is 2.65 bits per heavy atom. The Morgan fingerprint density at radius 2 is 1.91 bits per heavy atom. The van der Waals surface area contributed by atoms with Gasteiger partial charge < -0.3 is 10.2 Å². The van der Waals surface area contributed by atoms with Crippen molar-refractivity contribution in [2.45, 2.75) is 19.4 Å². The Hall–Kier alpha value is -2.76. The van der Waals surface area contributed by atoms with E-state index in [1.807, 2.05) is 18.2 Å². The summed E-state index contributed by atoms with van der Waals surface area (Å²) < 4.78 is 0. The van der Waals surface area contributed by atoms with Gasteiger partial charge in [-0.1, -0.05) is 6.07 Å². The highest BCUT2D eigenvalue weighted by Crippen LogP contribution is 2.12. The third-order valence-electron chi connectivity index (χ3n) is 3.79. The monoisotopic (exact) mass is 310 g/mol. The number of amides is 2. The van der Waals surface area contributed by atoms with Crippen molar-refractivity contribution in [1.82, 2.24) is 20.2 Å². The van der Waals surface area contributed by atoms with Gasteiger partial charge in [-0.15, -0.1) is 0 Å². The molecular weight excluding hydrogens is 292 g/mol. The average molecular weight is 310 g/mol. The molecule has 3 rings (SSSR count). The molecule has 0 atom stereocenters. The van der Waals surface area contributed by atoms with Gasteiger partial charge >= 0.3 is 0 Å². The van der Waals surface area contributed by atoms with Gasteiger partial charge in [0.05, 0.1) is 12.2 Å². The SMILES string of the molecule is O=C(NCc1ccccn1)c1ccnc(C(=O)N2CCCC2)c1. The summed E-state index contributed by atoms with van der Waals surface area (Å²) in [6.07, 6.45) is 5.23. The highest BCUT2D eigenvalue weighted by atomic mass is 16.2. The molecule has 2 amide bonds. The van der Waals surface area contributed by atoms with Crippen LogP contribution in [0.2, 0.25) is 0 Å². The van der Waals surface area contributed by atoms with Crippen LogP contribution in [-0.4, -0.2) is 39.8 Å². The van der Waals surface area contributed by atoms with Crippen molar-refractivity contribution in [2.24, 2.45) is 0 Å². The minimum Gasteiger partial charge on any atom is -0.346 e. The van der Waals surface area contributed by atoms with Crippen molar-refractivity contribution in [3.8, 4) is 0 Å². The van der Waals surface area contributed by atoms with Gasteiger partial charge in [-0.25, -0.2) is 0 Å². The molecule has 0 saturated carbocycles. The van der Waals surface area contributed by atoms with Gasteiger partial charge in [-0.05, 0) is 37.1 Å². The molecule has 0 bridgehead atoms. The third-order valence-corrected chi connectivity index (χ3v) is 3.79. The zero-order valence-corrected chi connectivity index (χ0v) is 12.7. The van der Waals surface area contributed by atoms with Gasteiger partial charge in [0.1, 0.15) is 5.69 Å². The van der Waals surface area contributed by atoms with E-state index in [0.717, 1.165) is 31.6 Å². The molecule has 0 spiro atoms. The average Bonchev–Trinajstić information content (AvgIpc) is 3.14. The fourth-order valence-corrected chi connectivity index (χ4v) is 2.55. The number of carbonyl (C=O) groups excluding carboxylic acids is 2. The number of likely N-dealkylation sites (tertiary alicyclic amines) is 1. The van der Waals surface area contributed by atoms with E-state index in [1.165, 1.54) is 6.20 Å². The van der Waals surface area contributed by atoms with Crippen LogP contribution in [0.4, 0.5) is 0 Å². The summed E-state index contributed by atoms with van der Waals surface area (Å²) in [6, 6.07) is 8.69. The quantitative estimate of drug-likeness (QED) is 0.931. The molecule has 23 heavy (non-hydrogen) atoms. The van der Waals surface area contributed by atoms with Crippen molar-refractivity contribution >= 4 is 11.8 Å². The summed E-state index contributed by atoms with van der Waals surface area (Å²) >= 11 is 0. The highest BCUT2D eigenvalue weighted by Gasteiger charge is 2.21. The molecule has 6 heteroatoms. The van der Waals surface area contributed by atoms with Crippen LogP contribution in [0.1, 0.15) is 39.4 Å². The van der Waals surface area contributed by atoms with Crippen LogP contribution in [-0.2, 0) is 6.54 Å². The molecule has 1 aliphatic heterocycles. The first-order valence-corrected chi connectivity index (χ1v) is 7.67. The zero-order chi connectivity index (χ0) is 16.1. The lowest BCUT2D eigenvalue weighted by atomic mass is 10.2. The molecule has 1 aliphatic rings. The second-order valence-electron chi connectivity index (χ2n) is 5.43. The molecule has 1 N–H and O–H groups in total. The van der Waals surface area contributed by atoms with E-state index < -0.39 is 0 Å². The third kappa shape index (κ3) is 3.71. The van der Waals surface area contributed by atoms with Gasteiger partial charge in [0.15, 0.2) is 0 Å². The van der Waals surface area contributed by atoms with E-state index in [-0.39, 0.29) is 11.8 Å². The first-order chi connectivity index (χ1) is 11.2. The smallest absolute Gasteiger partial charge is 0.272 e. The van der Waals surface area contributed by atoms with E-state index >= 15 is 0 Å². The molecule has 0 unspecified atom stereocenters. The van der Waals surface area contributed by atoms with Crippen LogP contribution >= 0.6 is 0 Å². The van der Waals surface area contributed by atoms with E-state index in [0.29, 0.717) is 17.8 Å². The molecule has 0 aliphatic carbocycles. The summed E-state index contributed by atoms with van der Waals surface area (Å²) in [5, 5.41) is 2.80. The Bertz CT molecular complexity index is 697. The fraction of sp³-hybridized carbons (Fsp3) is 0.294. The van der Waals surface area contributed by atoms with E-state index in [9.17, 15) is 9.59 Å². The summed E-state index contributed by atoms with van der Waals surface area (Å²) in [6.45, 7) is 1.87. The predicted octanol–water partition coefficient (Wildman–Crippen LogP) is 1.64. The molecule has 0 radical (unpaired) electrons. The van der Waals surface area contributed by atoms with Crippen molar-refractivity contribution in [3.63, 3.8) is 0 Å². The molecule has 1 saturated heterocycles. The van der Waals surface area contributed by atoms with Gasteiger partial charge in [-0.2, -0.15) is 0 Å². The number of carbonyl (C=O) groups is 2. The zero-order valence-electron chi connectivity index (χ0n) is 12.7. The van der Waals surface area contributed by atoms with Gasteiger partial charge in [0, 0.05) is 31.0 Å². The maximum atomic E-state index is 12.3. The number of rotatable bonds is 4.